The van der Waals surface area contributed by atoms with Gasteiger partial charge in [-0.15, -0.1) is 0 Å². The third-order valence-corrected chi connectivity index (χ3v) is 10.6. The number of β-amino-alcohol motifs (C(OH)–C–C–N with tert-alkyl or cyclic N) is 1. The van der Waals surface area contributed by atoms with Gasteiger partial charge in [-0.3, -0.25) is 19.5 Å². The number of aromatic nitrogens is 4. The lowest BCUT2D eigenvalue weighted by molar-refractivity contribution is -0.149. The molecule has 230 valence electrons. The van der Waals surface area contributed by atoms with E-state index in [0.29, 0.717) is 17.3 Å². The molecular formula is C32H42ClN7O3. The molecule has 0 radical (unpaired) electrons. The Morgan fingerprint density at radius 3 is 2.63 bits per heavy atom. The molecule has 2 saturated heterocycles. The van der Waals surface area contributed by atoms with E-state index >= 15 is 0 Å². The van der Waals surface area contributed by atoms with Crippen LogP contribution in [-0.4, -0.2) is 98.3 Å². The van der Waals surface area contributed by atoms with Crippen LogP contribution >= 0.6 is 11.6 Å². The average Bonchev–Trinajstić information content (AvgIpc) is 3.48. The summed E-state index contributed by atoms with van der Waals surface area (Å²) in [6.45, 7) is 14.4. The molecule has 7 rings (SSSR count). The van der Waals surface area contributed by atoms with E-state index in [2.05, 4.69) is 38.2 Å². The summed E-state index contributed by atoms with van der Waals surface area (Å²) >= 11 is 6.82. The standard InChI is InChI=1S/C32H42ClN7O3/c1-6-25(41)38-17-31(18-38)13-21(14-31)40-20(2)26(27-22-15-34-35-24(22)12-23(33)28(27)43-5)29(36-40)39-11-10-37(16-30(3,4)42)19-32(39)8-7-9-32/h6,12,15,21,42H,1,7-11,13-14,16-19H2,2-5H3,(H,34,35). The lowest BCUT2D eigenvalue weighted by atomic mass is 9.60. The molecule has 0 bridgehead atoms. The van der Waals surface area contributed by atoms with Crippen molar-refractivity contribution < 1.29 is 14.6 Å². The van der Waals surface area contributed by atoms with E-state index in [1.54, 1.807) is 7.11 Å². The van der Waals surface area contributed by atoms with Crippen molar-refractivity contribution in [2.24, 2.45) is 5.41 Å². The van der Waals surface area contributed by atoms with Gasteiger partial charge in [0.1, 0.15) is 5.75 Å². The number of nitrogens with one attached hydrogen (secondary N) is 1. The third-order valence-electron chi connectivity index (χ3n) is 10.3. The second-order valence-corrected chi connectivity index (χ2v) is 14.4. The summed E-state index contributed by atoms with van der Waals surface area (Å²) in [5, 5.41) is 25.0. The number of nitrogens with zero attached hydrogens (tertiary/aromatic N) is 6. The van der Waals surface area contributed by atoms with E-state index in [9.17, 15) is 9.90 Å². The number of anilines is 1. The SMILES string of the molecule is C=CC(=O)N1CC2(CC(n3nc(N4CCN(CC(C)(C)O)CC45CCC5)c(-c4c(OC)c(Cl)cc5[nH]ncc45)c3C)C2)C1. The van der Waals surface area contributed by atoms with Crippen molar-refractivity contribution in [3.05, 3.63) is 35.6 Å². The number of benzene rings is 1. The molecule has 2 N–H and O–H groups in total. The first-order chi connectivity index (χ1) is 20.5. The minimum atomic E-state index is -0.745. The van der Waals surface area contributed by atoms with Crippen LogP contribution in [0.3, 0.4) is 0 Å². The lowest BCUT2D eigenvalue weighted by Crippen LogP contribution is -2.67. The lowest BCUT2D eigenvalue weighted by Gasteiger charge is -2.59. The Kier molecular flexibility index (Phi) is 6.65. The van der Waals surface area contributed by atoms with Crippen LogP contribution in [0, 0.1) is 12.3 Å². The molecule has 4 fully saturated rings. The van der Waals surface area contributed by atoms with E-state index < -0.39 is 5.60 Å². The Bertz CT molecular complexity index is 1590. The number of hydrogen-bond acceptors (Lipinski definition) is 7. The molecular weight excluding hydrogens is 566 g/mol. The monoisotopic (exact) mass is 607 g/mol. The fourth-order valence-corrected chi connectivity index (χ4v) is 8.61. The Hall–Kier alpha value is -3.08. The van der Waals surface area contributed by atoms with E-state index in [-0.39, 0.29) is 22.9 Å². The number of aromatic amines is 1. The van der Waals surface area contributed by atoms with Gasteiger partial charge in [0.25, 0.3) is 0 Å². The average molecular weight is 608 g/mol. The minimum absolute atomic E-state index is 0.0145. The van der Waals surface area contributed by atoms with Crippen molar-refractivity contribution in [2.45, 2.75) is 70.1 Å². The normalized spacial score (nSPS) is 21.6. The van der Waals surface area contributed by atoms with E-state index in [0.717, 1.165) is 91.9 Å². The quantitative estimate of drug-likeness (QED) is 0.380. The van der Waals surface area contributed by atoms with Crippen molar-refractivity contribution in [3.8, 4) is 16.9 Å². The van der Waals surface area contributed by atoms with E-state index in [1.165, 1.54) is 12.5 Å². The van der Waals surface area contributed by atoms with E-state index in [1.807, 2.05) is 31.0 Å². The number of carbonyl (C=O) groups excluding carboxylic acids is 1. The number of likely N-dealkylation sites (tertiary alicyclic amines) is 1. The zero-order chi connectivity index (χ0) is 30.3. The van der Waals surface area contributed by atoms with E-state index in [4.69, 9.17) is 21.4 Å². The van der Waals surface area contributed by atoms with Crippen molar-refractivity contribution in [1.29, 1.82) is 0 Å². The van der Waals surface area contributed by atoms with Gasteiger partial charge in [-0.05, 0) is 65.0 Å². The Balaban J connectivity index is 1.31. The second-order valence-electron chi connectivity index (χ2n) is 14.0. The molecule has 10 nitrogen and oxygen atoms in total. The maximum atomic E-state index is 12.1. The third kappa shape index (κ3) is 4.56. The first-order valence-corrected chi connectivity index (χ1v) is 15.8. The molecule has 1 amide bonds. The van der Waals surface area contributed by atoms with Crippen molar-refractivity contribution >= 4 is 34.2 Å². The van der Waals surface area contributed by atoms with Gasteiger partial charge >= 0.3 is 0 Å². The first kappa shape index (κ1) is 28.7. The summed E-state index contributed by atoms with van der Waals surface area (Å²) in [7, 11) is 1.67. The summed E-state index contributed by atoms with van der Waals surface area (Å²) in [5.74, 6) is 1.62. The molecule has 2 aromatic heterocycles. The van der Waals surface area contributed by atoms with Crippen LogP contribution in [0.1, 0.15) is 57.7 Å². The minimum Gasteiger partial charge on any atom is -0.495 e. The molecule has 1 aromatic carbocycles. The number of hydrogen-bond donors (Lipinski definition) is 2. The summed E-state index contributed by atoms with van der Waals surface area (Å²) in [5.41, 5.74) is 3.31. The van der Waals surface area contributed by atoms with Gasteiger partial charge in [-0.1, -0.05) is 18.2 Å². The van der Waals surface area contributed by atoms with Crippen molar-refractivity contribution in [1.82, 2.24) is 29.8 Å². The molecule has 2 spiro atoms. The van der Waals surface area contributed by atoms with Crippen LogP contribution in [-0.2, 0) is 4.79 Å². The zero-order valence-electron chi connectivity index (χ0n) is 25.6. The van der Waals surface area contributed by atoms with Crippen LogP contribution < -0.4 is 9.64 Å². The highest BCUT2D eigenvalue weighted by molar-refractivity contribution is 6.34. The van der Waals surface area contributed by atoms with Crippen LogP contribution in [0.25, 0.3) is 22.0 Å². The molecule has 2 aliphatic carbocycles. The number of amides is 1. The summed E-state index contributed by atoms with van der Waals surface area (Å²) in [4.78, 5) is 19.0. The molecule has 3 aromatic rings. The first-order valence-electron chi connectivity index (χ1n) is 15.4. The predicted molar refractivity (Wildman–Crippen MR) is 168 cm³/mol. The highest BCUT2D eigenvalue weighted by Gasteiger charge is 2.55. The highest BCUT2D eigenvalue weighted by Crippen LogP contribution is 2.56. The number of methoxy groups -OCH3 is 1. The summed E-state index contributed by atoms with van der Waals surface area (Å²) in [6, 6.07) is 2.13. The van der Waals surface area contributed by atoms with Crippen LogP contribution in [0.4, 0.5) is 5.82 Å². The smallest absolute Gasteiger partial charge is 0.245 e. The number of aliphatic hydroxyl groups is 1. The van der Waals surface area contributed by atoms with Crippen LogP contribution in [0.5, 0.6) is 5.75 Å². The molecule has 2 saturated carbocycles. The van der Waals surface area contributed by atoms with Gasteiger partial charge in [-0.2, -0.15) is 10.2 Å². The number of halogens is 1. The van der Waals surface area contributed by atoms with Gasteiger partial charge in [0.05, 0.1) is 46.6 Å². The maximum absolute atomic E-state index is 12.1. The Morgan fingerprint density at radius 1 is 1.26 bits per heavy atom. The highest BCUT2D eigenvalue weighted by atomic mass is 35.5. The largest absolute Gasteiger partial charge is 0.495 e. The van der Waals surface area contributed by atoms with Crippen molar-refractivity contribution in [3.63, 3.8) is 0 Å². The summed E-state index contributed by atoms with van der Waals surface area (Å²) < 4.78 is 8.21. The fourth-order valence-electron chi connectivity index (χ4n) is 8.33. The number of rotatable bonds is 7. The molecule has 0 atom stereocenters. The van der Waals surface area contributed by atoms with Gasteiger partial charge in [0.15, 0.2) is 5.82 Å². The topological polar surface area (TPSA) is 103 Å². The molecule has 4 aliphatic rings. The Morgan fingerprint density at radius 2 is 2.00 bits per heavy atom. The number of fused-ring (bicyclic) bond motifs is 1. The molecule has 11 heteroatoms. The number of ether oxygens (including phenoxy) is 1. The van der Waals surface area contributed by atoms with Crippen molar-refractivity contribution in [2.75, 3.05) is 51.3 Å². The van der Waals surface area contributed by atoms with Gasteiger partial charge in [0.2, 0.25) is 5.91 Å². The number of H-pyrrole nitrogens is 1. The van der Waals surface area contributed by atoms with Gasteiger partial charge < -0.3 is 19.6 Å². The fraction of sp³-hybridized carbons (Fsp3) is 0.594. The maximum Gasteiger partial charge on any atom is 0.245 e. The molecule has 2 aliphatic heterocycles. The molecule has 0 unspecified atom stereocenters. The summed E-state index contributed by atoms with van der Waals surface area (Å²) in [6.07, 6.45) is 8.61. The Labute approximate surface area is 257 Å². The predicted octanol–water partition coefficient (Wildman–Crippen LogP) is 4.56. The number of piperazine rings is 1. The van der Waals surface area contributed by atoms with Crippen LogP contribution in [0.15, 0.2) is 24.9 Å². The second kappa shape index (κ2) is 9.97. The molecule has 4 heterocycles. The number of carbonyl (C=O) groups is 1. The molecule has 43 heavy (non-hydrogen) atoms. The van der Waals surface area contributed by atoms with Gasteiger partial charge in [-0.25, -0.2) is 0 Å². The van der Waals surface area contributed by atoms with Crippen LogP contribution in [0.2, 0.25) is 5.02 Å². The van der Waals surface area contributed by atoms with Gasteiger partial charge in [0, 0.05) is 61.3 Å². The zero-order valence-corrected chi connectivity index (χ0v) is 26.4.